The summed E-state index contributed by atoms with van der Waals surface area (Å²) in [7, 11) is -3.65. The van der Waals surface area contributed by atoms with Crippen molar-refractivity contribution < 1.29 is 13.2 Å². The highest BCUT2D eigenvalue weighted by molar-refractivity contribution is 7.99. The van der Waals surface area contributed by atoms with Crippen molar-refractivity contribution in [1.82, 2.24) is 13.9 Å². The number of benzene rings is 2. The third kappa shape index (κ3) is 5.29. The first-order valence-electron chi connectivity index (χ1n) is 10.8. The summed E-state index contributed by atoms with van der Waals surface area (Å²) in [5, 5.41) is 3.76. The Hall–Kier alpha value is -2.69. The first-order chi connectivity index (χ1) is 15.7. The van der Waals surface area contributed by atoms with E-state index in [2.05, 4.69) is 10.3 Å². The fraction of sp³-hybridized carbons (Fsp3) is 0.348. The summed E-state index contributed by atoms with van der Waals surface area (Å²) in [6.45, 7) is 8.32. The molecule has 3 rings (SSSR count). The molecule has 1 heterocycles. The van der Waals surface area contributed by atoms with Crippen LogP contribution < -0.4 is 10.9 Å². The van der Waals surface area contributed by atoms with Crippen LogP contribution in [-0.2, 0) is 21.4 Å². The van der Waals surface area contributed by atoms with Gasteiger partial charge in [0, 0.05) is 25.3 Å². The maximum Gasteiger partial charge on any atom is 0.262 e. The minimum Gasteiger partial charge on any atom is -0.325 e. The number of rotatable bonds is 9. The van der Waals surface area contributed by atoms with E-state index >= 15 is 0 Å². The molecule has 1 amide bonds. The van der Waals surface area contributed by atoms with Gasteiger partial charge in [-0.3, -0.25) is 14.2 Å². The first kappa shape index (κ1) is 24.9. The molecule has 33 heavy (non-hydrogen) atoms. The predicted molar refractivity (Wildman–Crippen MR) is 132 cm³/mol. The molecular weight excluding hydrogens is 460 g/mol. The van der Waals surface area contributed by atoms with E-state index in [0.29, 0.717) is 46.9 Å². The summed E-state index contributed by atoms with van der Waals surface area (Å²) in [4.78, 5) is 30.1. The second-order valence-corrected chi connectivity index (χ2v) is 10.2. The van der Waals surface area contributed by atoms with Crippen LogP contribution in [-0.4, -0.2) is 47.0 Å². The molecule has 0 saturated heterocycles. The number of sulfonamides is 1. The molecule has 0 aliphatic rings. The molecule has 3 aromatic rings. The molecule has 0 spiro atoms. The van der Waals surface area contributed by atoms with E-state index in [-0.39, 0.29) is 22.1 Å². The SMILES string of the molecule is CCN(CC)S(=O)(=O)c1cc(NC(=O)CSc2nc3ccccc3c(=O)n2CC)ccc1C. The van der Waals surface area contributed by atoms with Crippen LogP contribution >= 0.6 is 11.8 Å². The van der Waals surface area contributed by atoms with Crippen LogP contribution in [0.5, 0.6) is 0 Å². The number of hydrogen-bond donors (Lipinski definition) is 1. The number of aromatic nitrogens is 2. The van der Waals surface area contributed by atoms with Gasteiger partial charge in [0.2, 0.25) is 15.9 Å². The van der Waals surface area contributed by atoms with Crippen molar-refractivity contribution in [2.45, 2.75) is 44.3 Å². The minimum atomic E-state index is -3.65. The molecule has 0 aliphatic carbocycles. The first-order valence-corrected chi connectivity index (χ1v) is 13.2. The summed E-state index contributed by atoms with van der Waals surface area (Å²) in [5.41, 5.74) is 1.45. The Morgan fingerprint density at radius 1 is 1.12 bits per heavy atom. The molecule has 176 valence electrons. The lowest BCUT2D eigenvalue weighted by Gasteiger charge is -2.20. The summed E-state index contributed by atoms with van der Waals surface area (Å²) >= 11 is 1.17. The molecule has 2 aromatic carbocycles. The number of amides is 1. The zero-order valence-electron chi connectivity index (χ0n) is 19.2. The van der Waals surface area contributed by atoms with Crippen molar-refractivity contribution in [1.29, 1.82) is 0 Å². The molecule has 0 bridgehead atoms. The van der Waals surface area contributed by atoms with E-state index in [4.69, 9.17) is 0 Å². The lowest BCUT2D eigenvalue weighted by Crippen LogP contribution is -2.31. The molecule has 0 fully saturated rings. The lowest BCUT2D eigenvalue weighted by atomic mass is 10.2. The predicted octanol–water partition coefficient (Wildman–Crippen LogP) is 3.49. The Morgan fingerprint density at radius 3 is 2.48 bits per heavy atom. The van der Waals surface area contributed by atoms with E-state index in [0.717, 1.165) is 0 Å². The Balaban J connectivity index is 1.79. The minimum absolute atomic E-state index is 0.0246. The Morgan fingerprint density at radius 2 is 1.82 bits per heavy atom. The number of carbonyl (C=O) groups excluding carboxylic acids is 1. The van der Waals surface area contributed by atoms with E-state index in [1.807, 2.05) is 13.0 Å². The average Bonchev–Trinajstić information content (AvgIpc) is 2.79. The highest BCUT2D eigenvalue weighted by Gasteiger charge is 2.24. The van der Waals surface area contributed by atoms with Gasteiger partial charge < -0.3 is 5.32 Å². The molecule has 0 unspecified atom stereocenters. The third-order valence-electron chi connectivity index (χ3n) is 5.27. The van der Waals surface area contributed by atoms with Gasteiger partial charge in [-0.1, -0.05) is 43.8 Å². The lowest BCUT2D eigenvalue weighted by molar-refractivity contribution is -0.113. The highest BCUT2D eigenvalue weighted by Crippen LogP contribution is 2.24. The number of hydrogen-bond acceptors (Lipinski definition) is 6. The zero-order chi connectivity index (χ0) is 24.2. The van der Waals surface area contributed by atoms with Gasteiger partial charge in [-0.25, -0.2) is 13.4 Å². The summed E-state index contributed by atoms with van der Waals surface area (Å²) in [6.07, 6.45) is 0. The van der Waals surface area contributed by atoms with Crippen molar-refractivity contribution in [3.05, 3.63) is 58.4 Å². The normalized spacial score (nSPS) is 11.8. The van der Waals surface area contributed by atoms with Crippen LogP contribution in [0, 0.1) is 6.92 Å². The number of thioether (sulfide) groups is 1. The van der Waals surface area contributed by atoms with Crippen LogP contribution in [0.15, 0.2) is 57.3 Å². The average molecular weight is 489 g/mol. The number of aryl methyl sites for hydroxylation is 1. The number of nitrogens with one attached hydrogen (secondary N) is 1. The number of anilines is 1. The van der Waals surface area contributed by atoms with E-state index in [1.165, 1.54) is 22.1 Å². The second-order valence-electron chi connectivity index (χ2n) is 7.37. The van der Waals surface area contributed by atoms with Gasteiger partial charge in [0.1, 0.15) is 0 Å². The van der Waals surface area contributed by atoms with Crippen molar-refractivity contribution >= 4 is 44.3 Å². The van der Waals surface area contributed by atoms with Gasteiger partial charge in [0.05, 0.1) is 21.6 Å². The van der Waals surface area contributed by atoms with Crippen molar-refractivity contribution in [3.63, 3.8) is 0 Å². The number of para-hydroxylation sites is 1. The standard InChI is InChI=1S/C23H28N4O4S2/c1-5-26(6-2)33(30,31)20-14-17(13-12-16(20)4)24-21(28)15-32-23-25-19-11-9-8-10-18(19)22(29)27(23)7-3/h8-14H,5-7,15H2,1-4H3,(H,24,28). The van der Waals surface area contributed by atoms with Crippen LogP contribution in [0.3, 0.4) is 0 Å². The number of carbonyl (C=O) groups is 1. The molecule has 1 N–H and O–H groups in total. The van der Waals surface area contributed by atoms with Gasteiger partial charge in [-0.15, -0.1) is 0 Å². The van der Waals surface area contributed by atoms with Gasteiger partial charge in [-0.05, 0) is 43.7 Å². The summed E-state index contributed by atoms with van der Waals surface area (Å²) in [6, 6.07) is 12.0. The summed E-state index contributed by atoms with van der Waals surface area (Å²) in [5.74, 6) is -0.295. The van der Waals surface area contributed by atoms with E-state index in [1.54, 1.807) is 55.7 Å². The smallest absolute Gasteiger partial charge is 0.262 e. The molecule has 8 nitrogen and oxygen atoms in total. The monoisotopic (exact) mass is 488 g/mol. The largest absolute Gasteiger partial charge is 0.325 e. The Labute approximate surface area is 198 Å². The van der Waals surface area contributed by atoms with E-state index in [9.17, 15) is 18.0 Å². The van der Waals surface area contributed by atoms with Crippen LogP contribution in [0.25, 0.3) is 10.9 Å². The van der Waals surface area contributed by atoms with Crippen LogP contribution in [0.2, 0.25) is 0 Å². The zero-order valence-corrected chi connectivity index (χ0v) is 20.8. The number of fused-ring (bicyclic) bond motifs is 1. The molecule has 1 aromatic heterocycles. The fourth-order valence-electron chi connectivity index (χ4n) is 3.52. The third-order valence-corrected chi connectivity index (χ3v) is 8.44. The highest BCUT2D eigenvalue weighted by atomic mass is 32.2. The second kappa shape index (κ2) is 10.5. The maximum atomic E-state index is 12.9. The van der Waals surface area contributed by atoms with Crippen molar-refractivity contribution in [2.75, 3.05) is 24.2 Å². The topological polar surface area (TPSA) is 101 Å². The van der Waals surface area contributed by atoms with Crippen molar-refractivity contribution in [3.8, 4) is 0 Å². The van der Waals surface area contributed by atoms with E-state index < -0.39 is 10.0 Å². The summed E-state index contributed by atoms with van der Waals surface area (Å²) < 4.78 is 28.8. The van der Waals surface area contributed by atoms with Crippen molar-refractivity contribution in [2.24, 2.45) is 0 Å². The van der Waals surface area contributed by atoms with Gasteiger partial charge >= 0.3 is 0 Å². The van der Waals surface area contributed by atoms with Crippen LogP contribution in [0.4, 0.5) is 5.69 Å². The molecule has 0 radical (unpaired) electrons. The molecular formula is C23H28N4O4S2. The van der Waals surface area contributed by atoms with Crippen LogP contribution in [0.1, 0.15) is 26.3 Å². The quantitative estimate of drug-likeness (QED) is 0.366. The van der Waals surface area contributed by atoms with Gasteiger partial charge in [-0.2, -0.15) is 4.31 Å². The van der Waals surface area contributed by atoms with Gasteiger partial charge in [0.25, 0.3) is 5.56 Å². The molecule has 0 aliphatic heterocycles. The van der Waals surface area contributed by atoms with Gasteiger partial charge in [0.15, 0.2) is 5.16 Å². The fourth-order valence-corrected chi connectivity index (χ4v) is 6.09. The maximum absolute atomic E-state index is 12.9. The number of nitrogens with zero attached hydrogens (tertiary/aromatic N) is 3. The molecule has 0 saturated carbocycles. The Bertz CT molecular complexity index is 1330. The Kier molecular flexibility index (Phi) is 7.93. The molecule has 0 atom stereocenters. The molecule has 10 heteroatoms.